The number of nitrogens with two attached hydrogens (primary N) is 1. The second-order valence-corrected chi connectivity index (χ2v) is 6.14. The van der Waals surface area contributed by atoms with Gasteiger partial charge in [0.15, 0.2) is 17.7 Å². The molecule has 3 unspecified atom stereocenters. The summed E-state index contributed by atoms with van der Waals surface area (Å²) in [6.45, 7) is 0. The summed E-state index contributed by atoms with van der Waals surface area (Å²) in [5.74, 6) is -1.24. The van der Waals surface area contributed by atoms with Crippen LogP contribution >= 0.6 is 0 Å². The Morgan fingerprint density at radius 2 is 1.72 bits per heavy atom. The first-order chi connectivity index (χ1) is 12.2. The number of hydrogen-bond acceptors (Lipinski definition) is 3. The number of carbonyl (C=O) groups is 2. The smallest absolute Gasteiger partial charge is 0.287 e. The van der Waals surface area contributed by atoms with E-state index in [1.54, 1.807) is 18.3 Å². The molecule has 1 aliphatic heterocycles. The van der Waals surface area contributed by atoms with E-state index >= 15 is 0 Å². The molecule has 4 rings (SSSR count). The van der Waals surface area contributed by atoms with E-state index in [-0.39, 0.29) is 17.5 Å². The van der Waals surface area contributed by atoms with Gasteiger partial charge in [0.1, 0.15) is 5.92 Å². The molecule has 1 aromatic carbocycles. The Morgan fingerprint density at radius 3 is 2.40 bits per heavy atom. The van der Waals surface area contributed by atoms with Gasteiger partial charge >= 0.3 is 0 Å². The lowest BCUT2D eigenvalue weighted by molar-refractivity contribution is -0.704. The number of carbonyl (C=O) groups excluding carboxylic acids is 2. The molecule has 25 heavy (non-hydrogen) atoms. The Morgan fingerprint density at radius 1 is 0.960 bits per heavy atom. The van der Waals surface area contributed by atoms with Crippen molar-refractivity contribution < 1.29 is 18.6 Å². The number of pyridine rings is 1. The number of nitrogens with zero attached hydrogens (tertiary/aromatic N) is 1. The largest absolute Gasteiger partial charge is 0.461 e. The minimum Gasteiger partial charge on any atom is -0.461 e. The van der Waals surface area contributed by atoms with Crippen molar-refractivity contribution in [3.05, 3.63) is 90.1 Å². The third-order valence-corrected chi connectivity index (χ3v) is 4.76. The van der Waals surface area contributed by atoms with E-state index in [1.165, 1.54) is 6.26 Å². The fourth-order valence-electron chi connectivity index (χ4n) is 3.76. The lowest BCUT2D eigenvalue weighted by Gasteiger charge is -2.17. The summed E-state index contributed by atoms with van der Waals surface area (Å²) in [5.41, 5.74) is 7.39. The molecular weight excluding hydrogens is 316 g/mol. The molecule has 2 aromatic heterocycles. The van der Waals surface area contributed by atoms with Gasteiger partial charge in [0, 0.05) is 12.1 Å². The van der Waals surface area contributed by atoms with Crippen molar-refractivity contribution in [1.82, 2.24) is 0 Å². The summed E-state index contributed by atoms with van der Waals surface area (Å²) >= 11 is 0. The zero-order valence-electron chi connectivity index (χ0n) is 13.4. The lowest BCUT2D eigenvalue weighted by Crippen LogP contribution is -2.46. The van der Waals surface area contributed by atoms with Crippen molar-refractivity contribution in [3.63, 3.8) is 0 Å². The van der Waals surface area contributed by atoms with Crippen LogP contribution in [0.15, 0.2) is 77.5 Å². The van der Waals surface area contributed by atoms with E-state index < -0.39 is 17.9 Å². The molecule has 3 atom stereocenters. The van der Waals surface area contributed by atoms with Crippen LogP contribution in [0.5, 0.6) is 0 Å². The molecule has 0 saturated carbocycles. The van der Waals surface area contributed by atoms with Crippen LogP contribution in [-0.2, 0) is 4.79 Å². The highest BCUT2D eigenvalue weighted by Crippen LogP contribution is 2.44. The highest BCUT2D eigenvalue weighted by atomic mass is 16.3. The molecule has 3 aromatic rings. The lowest BCUT2D eigenvalue weighted by atomic mass is 9.79. The third-order valence-electron chi connectivity index (χ3n) is 4.76. The van der Waals surface area contributed by atoms with Gasteiger partial charge in [-0.15, -0.1) is 0 Å². The average molecular weight is 333 g/mol. The first kappa shape index (κ1) is 15.3. The van der Waals surface area contributed by atoms with Crippen LogP contribution in [0.3, 0.4) is 0 Å². The van der Waals surface area contributed by atoms with Gasteiger partial charge in [-0.3, -0.25) is 9.59 Å². The summed E-state index contributed by atoms with van der Waals surface area (Å²) in [6.07, 6.45) is 3.28. The van der Waals surface area contributed by atoms with E-state index in [4.69, 9.17) is 10.2 Å². The fourth-order valence-corrected chi connectivity index (χ4v) is 3.76. The maximum atomic E-state index is 13.2. The molecular formula is C20H17N2O3+. The molecule has 0 saturated heterocycles. The van der Waals surface area contributed by atoms with Crippen LogP contribution in [0.4, 0.5) is 0 Å². The Labute approximate surface area is 144 Å². The van der Waals surface area contributed by atoms with E-state index in [0.29, 0.717) is 0 Å². The standard InChI is InChI=1S/C20H16N2O3/c21-20(24)18-16(13-7-2-1-3-8-13)17(14-9-4-5-11-22(14)18)19(23)15-10-6-12-25-15/h1-12,16-18H,(H-,21,24)/p+1. The maximum Gasteiger partial charge on any atom is 0.287 e. The third kappa shape index (κ3) is 2.45. The molecule has 124 valence electrons. The summed E-state index contributed by atoms with van der Waals surface area (Å²) < 4.78 is 7.14. The topological polar surface area (TPSA) is 77.2 Å². The van der Waals surface area contributed by atoms with Gasteiger partial charge in [0.2, 0.25) is 11.8 Å². The van der Waals surface area contributed by atoms with Gasteiger partial charge in [-0.1, -0.05) is 36.4 Å². The van der Waals surface area contributed by atoms with Crippen molar-refractivity contribution in [1.29, 1.82) is 0 Å². The summed E-state index contributed by atoms with van der Waals surface area (Å²) in [5, 5.41) is 0. The summed E-state index contributed by atoms with van der Waals surface area (Å²) in [7, 11) is 0. The van der Waals surface area contributed by atoms with Crippen molar-refractivity contribution in [2.75, 3.05) is 0 Å². The van der Waals surface area contributed by atoms with Gasteiger partial charge in [-0.25, -0.2) is 0 Å². The normalized spacial score (nSPS) is 21.7. The number of ketones is 1. The number of rotatable bonds is 4. The highest BCUT2D eigenvalue weighted by molar-refractivity contribution is 6.00. The van der Waals surface area contributed by atoms with Gasteiger partial charge in [0.25, 0.3) is 5.91 Å². The predicted molar refractivity (Wildman–Crippen MR) is 89.8 cm³/mol. The van der Waals surface area contributed by atoms with E-state index in [0.717, 1.165) is 11.3 Å². The molecule has 1 aliphatic rings. The molecule has 5 heteroatoms. The SMILES string of the molecule is NC(=O)C1C(c2ccccc2)C(C(=O)c2ccco2)c2cccc[n+]21. The first-order valence-corrected chi connectivity index (χ1v) is 8.10. The van der Waals surface area contributed by atoms with Crippen LogP contribution in [0, 0.1) is 0 Å². The van der Waals surface area contributed by atoms with E-state index in [2.05, 4.69) is 0 Å². The number of benzene rings is 1. The van der Waals surface area contributed by atoms with Gasteiger partial charge in [-0.05, 0) is 17.7 Å². The number of hydrogen-bond donors (Lipinski definition) is 1. The molecule has 2 N–H and O–H groups in total. The molecule has 0 spiro atoms. The zero-order valence-corrected chi connectivity index (χ0v) is 13.4. The van der Waals surface area contributed by atoms with Gasteiger partial charge < -0.3 is 10.2 Å². The summed E-state index contributed by atoms with van der Waals surface area (Å²) in [4.78, 5) is 25.4. The molecule has 3 heterocycles. The second-order valence-electron chi connectivity index (χ2n) is 6.14. The fraction of sp³-hybridized carbons (Fsp3) is 0.150. The Balaban J connectivity index is 1.91. The molecule has 0 aliphatic carbocycles. The Bertz CT molecular complexity index is 919. The van der Waals surface area contributed by atoms with Gasteiger partial charge in [-0.2, -0.15) is 4.57 Å². The van der Waals surface area contributed by atoms with Crippen molar-refractivity contribution in [2.24, 2.45) is 5.73 Å². The Kier molecular flexibility index (Phi) is 3.69. The quantitative estimate of drug-likeness (QED) is 0.588. The molecule has 1 amide bonds. The van der Waals surface area contributed by atoms with Crippen molar-refractivity contribution >= 4 is 11.7 Å². The average Bonchev–Trinajstić information content (AvgIpc) is 3.28. The van der Waals surface area contributed by atoms with Crippen molar-refractivity contribution in [3.8, 4) is 0 Å². The van der Waals surface area contributed by atoms with Crippen LogP contribution in [0.2, 0.25) is 0 Å². The molecule has 0 fully saturated rings. The predicted octanol–water partition coefficient (Wildman–Crippen LogP) is 2.36. The van der Waals surface area contributed by atoms with Crippen LogP contribution in [0.1, 0.15) is 39.7 Å². The number of furan rings is 1. The highest BCUT2D eigenvalue weighted by Gasteiger charge is 2.55. The molecule has 0 bridgehead atoms. The number of fused-ring (bicyclic) bond motifs is 1. The van der Waals surface area contributed by atoms with Crippen LogP contribution in [0.25, 0.3) is 0 Å². The Hall–Kier alpha value is -3.21. The first-order valence-electron chi connectivity index (χ1n) is 8.10. The summed E-state index contributed by atoms with van der Waals surface area (Å²) in [6, 6.07) is 17.8. The number of amides is 1. The number of Topliss-reactive ketones (excluding diaryl/α,β-unsaturated/α-hetero) is 1. The minimum absolute atomic E-state index is 0.150. The van der Waals surface area contributed by atoms with Crippen LogP contribution < -0.4 is 10.3 Å². The minimum atomic E-state index is -0.623. The van der Waals surface area contributed by atoms with Crippen molar-refractivity contribution in [2.45, 2.75) is 17.9 Å². The molecule has 5 nitrogen and oxygen atoms in total. The van der Waals surface area contributed by atoms with E-state index in [1.807, 2.05) is 53.1 Å². The molecule has 0 radical (unpaired) electrons. The monoisotopic (exact) mass is 333 g/mol. The maximum absolute atomic E-state index is 13.2. The number of aromatic nitrogens is 1. The second kappa shape index (κ2) is 6.02. The van der Waals surface area contributed by atoms with E-state index in [9.17, 15) is 9.59 Å². The van der Waals surface area contributed by atoms with Crippen LogP contribution in [-0.4, -0.2) is 11.7 Å². The zero-order chi connectivity index (χ0) is 17.4. The van der Waals surface area contributed by atoms with Gasteiger partial charge in [0.05, 0.1) is 12.2 Å². The number of primary amides is 1.